The third-order valence-electron chi connectivity index (χ3n) is 3.08. The van der Waals surface area contributed by atoms with Crippen molar-refractivity contribution in [3.05, 3.63) is 65.8 Å². The summed E-state index contributed by atoms with van der Waals surface area (Å²) in [7, 11) is 0. The molecule has 0 saturated heterocycles. The molecule has 3 aromatic rings. The van der Waals surface area contributed by atoms with Crippen molar-refractivity contribution >= 4 is 22.9 Å². The molecule has 6 heteroatoms. The average Bonchev–Trinajstić information content (AvgIpc) is 3.01. The SMILES string of the molecule is O=C(COC(=O)c1cccc2ocnc12)c1ccc(F)cc1. The third-order valence-corrected chi connectivity index (χ3v) is 3.08. The molecule has 110 valence electrons. The fraction of sp³-hybridized carbons (Fsp3) is 0.0625. The summed E-state index contributed by atoms with van der Waals surface area (Å²) in [5.74, 6) is -1.53. The highest BCUT2D eigenvalue weighted by atomic mass is 19.1. The molecule has 0 aliphatic carbocycles. The molecule has 0 fully saturated rings. The number of benzene rings is 2. The van der Waals surface area contributed by atoms with Crippen LogP contribution in [0.2, 0.25) is 0 Å². The van der Waals surface area contributed by atoms with Gasteiger partial charge in [0, 0.05) is 5.56 Å². The Hall–Kier alpha value is -3.02. The number of oxazole rings is 1. The number of para-hydroxylation sites is 1. The Morgan fingerprint density at radius 2 is 1.91 bits per heavy atom. The number of nitrogens with zero attached hydrogens (tertiary/aromatic N) is 1. The lowest BCUT2D eigenvalue weighted by Gasteiger charge is -2.04. The van der Waals surface area contributed by atoms with Crippen molar-refractivity contribution in [3.63, 3.8) is 0 Å². The number of esters is 1. The Balaban J connectivity index is 1.71. The summed E-state index contributed by atoms with van der Waals surface area (Å²) >= 11 is 0. The number of carbonyl (C=O) groups excluding carboxylic acids is 2. The minimum absolute atomic E-state index is 0.221. The van der Waals surface area contributed by atoms with Gasteiger partial charge in [-0.05, 0) is 36.4 Å². The summed E-state index contributed by atoms with van der Waals surface area (Å²) in [6, 6.07) is 9.86. The van der Waals surface area contributed by atoms with Crippen LogP contribution in [-0.4, -0.2) is 23.3 Å². The summed E-state index contributed by atoms with van der Waals surface area (Å²) in [4.78, 5) is 27.8. The molecule has 1 aromatic heterocycles. The fourth-order valence-corrected chi connectivity index (χ4v) is 1.98. The van der Waals surface area contributed by atoms with Crippen molar-refractivity contribution in [3.8, 4) is 0 Å². The van der Waals surface area contributed by atoms with Gasteiger partial charge in [-0.15, -0.1) is 0 Å². The number of aromatic nitrogens is 1. The first-order valence-corrected chi connectivity index (χ1v) is 6.43. The van der Waals surface area contributed by atoms with E-state index in [9.17, 15) is 14.0 Å². The highest BCUT2D eigenvalue weighted by molar-refractivity contribution is 6.03. The van der Waals surface area contributed by atoms with Gasteiger partial charge in [0.1, 0.15) is 11.3 Å². The number of halogens is 1. The van der Waals surface area contributed by atoms with Gasteiger partial charge in [-0.2, -0.15) is 0 Å². The summed E-state index contributed by atoms with van der Waals surface area (Å²) < 4.78 is 22.9. The number of Topliss-reactive ketones (excluding diaryl/α,β-unsaturated/α-hetero) is 1. The van der Waals surface area contributed by atoms with Crippen molar-refractivity contribution in [1.82, 2.24) is 4.98 Å². The fourth-order valence-electron chi connectivity index (χ4n) is 1.98. The van der Waals surface area contributed by atoms with Crippen molar-refractivity contribution < 1.29 is 23.1 Å². The van der Waals surface area contributed by atoms with Gasteiger partial charge in [-0.3, -0.25) is 4.79 Å². The summed E-state index contributed by atoms with van der Waals surface area (Å²) in [5, 5.41) is 0. The maximum absolute atomic E-state index is 12.8. The average molecular weight is 299 g/mol. The van der Waals surface area contributed by atoms with Gasteiger partial charge in [0.25, 0.3) is 0 Å². The van der Waals surface area contributed by atoms with E-state index in [2.05, 4.69) is 4.98 Å². The molecule has 3 rings (SSSR count). The van der Waals surface area contributed by atoms with Crippen molar-refractivity contribution in [1.29, 1.82) is 0 Å². The van der Waals surface area contributed by atoms with Crippen LogP contribution in [0.3, 0.4) is 0 Å². The molecule has 1 heterocycles. The van der Waals surface area contributed by atoms with E-state index in [0.717, 1.165) is 0 Å². The lowest BCUT2D eigenvalue weighted by Crippen LogP contribution is -2.14. The van der Waals surface area contributed by atoms with Crippen LogP contribution in [0.1, 0.15) is 20.7 Å². The van der Waals surface area contributed by atoms with E-state index < -0.39 is 24.2 Å². The van der Waals surface area contributed by atoms with Gasteiger partial charge < -0.3 is 9.15 Å². The van der Waals surface area contributed by atoms with Crippen LogP contribution in [0.25, 0.3) is 11.1 Å². The quantitative estimate of drug-likeness (QED) is 0.547. The first-order chi connectivity index (χ1) is 10.6. The molecule has 5 nitrogen and oxygen atoms in total. The van der Waals surface area contributed by atoms with E-state index in [4.69, 9.17) is 9.15 Å². The van der Waals surface area contributed by atoms with E-state index in [0.29, 0.717) is 11.1 Å². The zero-order valence-electron chi connectivity index (χ0n) is 11.3. The van der Waals surface area contributed by atoms with Crippen LogP contribution >= 0.6 is 0 Å². The smallest absolute Gasteiger partial charge is 0.340 e. The summed E-state index contributed by atoms with van der Waals surface area (Å²) in [6.45, 7) is -0.432. The second kappa shape index (κ2) is 5.77. The molecule has 0 aliphatic rings. The van der Waals surface area contributed by atoms with E-state index in [1.807, 2.05) is 0 Å². The number of hydrogen-bond acceptors (Lipinski definition) is 5. The molecule has 0 unspecified atom stereocenters. The maximum Gasteiger partial charge on any atom is 0.340 e. The Morgan fingerprint density at radius 1 is 1.14 bits per heavy atom. The molecule has 0 atom stereocenters. The Labute approximate surface area is 124 Å². The van der Waals surface area contributed by atoms with Gasteiger partial charge in [-0.1, -0.05) is 6.07 Å². The Morgan fingerprint density at radius 3 is 2.68 bits per heavy atom. The largest absolute Gasteiger partial charge is 0.454 e. The van der Waals surface area contributed by atoms with Crippen LogP contribution in [0, 0.1) is 5.82 Å². The minimum Gasteiger partial charge on any atom is -0.454 e. The molecule has 0 spiro atoms. The predicted molar refractivity (Wildman–Crippen MR) is 75.0 cm³/mol. The van der Waals surface area contributed by atoms with E-state index in [1.165, 1.54) is 36.7 Å². The molecule has 0 radical (unpaired) electrons. The van der Waals surface area contributed by atoms with Gasteiger partial charge in [0.05, 0.1) is 5.56 Å². The molecule has 0 aliphatic heterocycles. The zero-order valence-corrected chi connectivity index (χ0v) is 11.3. The Bertz CT molecular complexity index is 839. The number of hydrogen-bond donors (Lipinski definition) is 0. The monoisotopic (exact) mass is 299 g/mol. The van der Waals surface area contributed by atoms with Crippen LogP contribution in [-0.2, 0) is 4.74 Å². The van der Waals surface area contributed by atoms with Crippen molar-refractivity contribution in [2.75, 3.05) is 6.61 Å². The lowest BCUT2D eigenvalue weighted by molar-refractivity contribution is 0.0476. The highest BCUT2D eigenvalue weighted by Gasteiger charge is 2.16. The van der Waals surface area contributed by atoms with E-state index >= 15 is 0 Å². The van der Waals surface area contributed by atoms with Gasteiger partial charge in [0.15, 0.2) is 24.4 Å². The van der Waals surface area contributed by atoms with Gasteiger partial charge in [-0.25, -0.2) is 14.2 Å². The summed E-state index contributed by atoms with van der Waals surface area (Å²) in [5.41, 5.74) is 1.33. The first-order valence-electron chi connectivity index (χ1n) is 6.43. The van der Waals surface area contributed by atoms with Crippen molar-refractivity contribution in [2.45, 2.75) is 0 Å². The molecular weight excluding hydrogens is 289 g/mol. The Kier molecular flexibility index (Phi) is 3.65. The summed E-state index contributed by atoms with van der Waals surface area (Å²) in [6.07, 6.45) is 1.23. The minimum atomic E-state index is -0.671. The normalized spacial score (nSPS) is 10.6. The molecule has 0 amide bonds. The number of rotatable bonds is 4. The standard InChI is InChI=1S/C16H10FNO4/c17-11-6-4-10(5-7-11)13(19)8-21-16(20)12-2-1-3-14-15(12)18-9-22-14/h1-7,9H,8H2. The van der Waals surface area contributed by atoms with E-state index in [1.54, 1.807) is 12.1 Å². The number of fused-ring (bicyclic) bond motifs is 1. The molecule has 0 saturated carbocycles. The van der Waals surface area contributed by atoms with Crippen molar-refractivity contribution in [2.24, 2.45) is 0 Å². The van der Waals surface area contributed by atoms with Crippen LogP contribution in [0.4, 0.5) is 4.39 Å². The lowest BCUT2D eigenvalue weighted by atomic mass is 10.1. The van der Waals surface area contributed by atoms with Crippen LogP contribution in [0.15, 0.2) is 53.3 Å². The second-order valence-corrected chi connectivity index (χ2v) is 4.51. The van der Waals surface area contributed by atoms with Gasteiger partial charge in [0.2, 0.25) is 0 Å². The van der Waals surface area contributed by atoms with E-state index in [-0.39, 0.29) is 11.1 Å². The molecular formula is C16H10FNO4. The second-order valence-electron chi connectivity index (χ2n) is 4.51. The zero-order chi connectivity index (χ0) is 15.5. The van der Waals surface area contributed by atoms with Crippen LogP contribution < -0.4 is 0 Å². The predicted octanol–water partition coefficient (Wildman–Crippen LogP) is 3.01. The molecule has 22 heavy (non-hydrogen) atoms. The maximum atomic E-state index is 12.8. The topological polar surface area (TPSA) is 69.4 Å². The highest BCUT2D eigenvalue weighted by Crippen LogP contribution is 2.17. The van der Waals surface area contributed by atoms with Gasteiger partial charge >= 0.3 is 5.97 Å². The molecule has 2 aromatic carbocycles. The van der Waals surface area contributed by atoms with Crippen LogP contribution in [0.5, 0.6) is 0 Å². The number of carbonyl (C=O) groups is 2. The number of ketones is 1. The first kappa shape index (κ1) is 13.9. The molecule has 0 N–H and O–H groups in total. The number of ether oxygens (including phenoxy) is 1. The third kappa shape index (κ3) is 2.71. The molecule has 0 bridgehead atoms.